The molecule has 3 rings (SSSR count). The number of aromatic nitrogens is 4. The van der Waals surface area contributed by atoms with Crippen molar-refractivity contribution < 1.29 is 14.7 Å². The summed E-state index contributed by atoms with van der Waals surface area (Å²) in [5.41, 5.74) is 2.18. The highest BCUT2D eigenvalue weighted by molar-refractivity contribution is 9.10. The predicted molar refractivity (Wildman–Crippen MR) is 98.0 cm³/mol. The fourth-order valence-electron chi connectivity index (χ4n) is 2.33. The highest BCUT2D eigenvalue weighted by atomic mass is 79.9. The van der Waals surface area contributed by atoms with Crippen LogP contribution in [0.3, 0.4) is 0 Å². The number of hydrogen-bond acceptors (Lipinski definition) is 4. The maximum atomic E-state index is 12.1. The minimum absolute atomic E-state index is 0.107. The molecule has 0 aliphatic carbocycles. The molecule has 0 unspecified atom stereocenters. The van der Waals surface area contributed by atoms with Crippen molar-refractivity contribution in [3.05, 3.63) is 64.0 Å². The van der Waals surface area contributed by atoms with E-state index in [9.17, 15) is 9.59 Å². The van der Waals surface area contributed by atoms with Crippen LogP contribution >= 0.6 is 15.9 Å². The summed E-state index contributed by atoms with van der Waals surface area (Å²) in [5.74, 6) is -1.10. The van der Waals surface area contributed by atoms with Gasteiger partial charge in [0.15, 0.2) is 11.5 Å². The second-order valence-electron chi connectivity index (χ2n) is 5.76. The van der Waals surface area contributed by atoms with Crippen molar-refractivity contribution in [1.82, 2.24) is 19.6 Å². The molecule has 0 aliphatic heterocycles. The molecule has 0 saturated heterocycles. The van der Waals surface area contributed by atoms with Gasteiger partial charge >= 0.3 is 5.97 Å². The van der Waals surface area contributed by atoms with E-state index in [1.54, 1.807) is 10.9 Å². The van der Waals surface area contributed by atoms with Crippen molar-refractivity contribution in [2.45, 2.75) is 20.0 Å². The summed E-state index contributed by atoms with van der Waals surface area (Å²) in [7, 11) is 0. The van der Waals surface area contributed by atoms with E-state index in [-0.39, 0.29) is 18.1 Å². The second kappa shape index (κ2) is 7.52. The normalized spacial score (nSPS) is 10.7. The molecule has 0 aliphatic rings. The summed E-state index contributed by atoms with van der Waals surface area (Å²) in [6, 6.07) is 9.46. The number of aryl methyl sites for hydroxylation is 1. The van der Waals surface area contributed by atoms with E-state index in [0.29, 0.717) is 16.8 Å². The molecule has 1 aromatic carbocycles. The van der Waals surface area contributed by atoms with E-state index in [0.717, 1.165) is 5.56 Å². The first-order valence-corrected chi connectivity index (χ1v) is 8.55. The third kappa shape index (κ3) is 4.37. The molecular weight excluding hydrogens is 402 g/mol. The van der Waals surface area contributed by atoms with Gasteiger partial charge in [-0.2, -0.15) is 10.2 Å². The Labute approximate surface area is 157 Å². The maximum absolute atomic E-state index is 12.1. The van der Waals surface area contributed by atoms with Gasteiger partial charge in [0, 0.05) is 12.4 Å². The molecular formula is C17H16BrN5O3. The summed E-state index contributed by atoms with van der Waals surface area (Å²) in [6.45, 7) is 2.50. The monoisotopic (exact) mass is 417 g/mol. The molecule has 3 aromatic rings. The maximum Gasteiger partial charge on any atom is 0.356 e. The van der Waals surface area contributed by atoms with Gasteiger partial charge in [0.25, 0.3) is 0 Å². The van der Waals surface area contributed by atoms with E-state index >= 15 is 0 Å². The molecule has 2 aromatic heterocycles. The Morgan fingerprint density at radius 1 is 1.15 bits per heavy atom. The van der Waals surface area contributed by atoms with Crippen LogP contribution in [0.15, 0.2) is 47.2 Å². The highest BCUT2D eigenvalue weighted by Gasteiger charge is 2.13. The number of aromatic carboxylic acids is 1. The molecule has 2 N–H and O–H groups in total. The van der Waals surface area contributed by atoms with Crippen molar-refractivity contribution in [2.75, 3.05) is 5.32 Å². The zero-order valence-corrected chi connectivity index (χ0v) is 15.5. The molecule has 9 heteroatoms. The van der Waals surface area contributed by atoms with Crippen molar-refractivity contribution in [3.63, 3.8) is 0 Å². The Morgan fingerprint density at radius 2 is 1.88 bits per heavy atom. The zero-order chi connectivity index (χ0) is 18.7. The summed E-state index contributed by atoms with van der Waals surface area (Å²) < 4.78 is 3.64. The third-order valence-electron chi connectivity index (χ3n) is 3.61. The van der Waals surface area contributed by atoms with E-state index < -0.39 is 5.97 Å². The van der Waals surface area contributed by atoms with Crippen LogP contribution in [0.1, 0.15) is 21.6 Å². The lowest BCUT2D eigenvalue weighted by molar-refractivity contribution is -0.116. The number of amides is 1. The van der Waals surface area contributed by atoms with Gasteiger partial charge < -0.3 is 10.4 Å². The van der Waals surface area contributed by atoms with E-state index in [2.05, 4.69) is 31.4 Å². The number of nitrogens with zero attached hydrogens (tertiary/aromatic N) is 4. The molecule has 0 atom stereocenters. The molecule has 26 heavy (non-hydrogen) atoms. The van der Waals surface area contributed by atoms with Gasteiger partial charge in [0.1, 0.15) is 6.54 Å². The Morgan fingerprint density at radius 3 is 2.54 bits per heavy atom. The van der Waals surface area contributed by atoms with Gasteiger partial charge in [-0.3, -0.25) is 14.2 Å². The Bertz CT molecular complexity index is 946. The number of anilines is 1. The minimum atomic E-state index is -1.14. The Hall–Kier alpha value is -2.94. The average Bonchev–Trinajstić information content (AvgIpc) is 3.17. The number of rotatable bonds is 6. The highest BCUT2D eigenvalue weighted by Crippen LogP contribution is 2.21. The van der Waals surface area contributed by atoms with Gasteiger partial charge in [-0.1, -0.05) is 29.8 Å². The number of carboxylic acids is 1. The van der Waals surface area contributed by atoms with Gasteiger partial charge in [0.2, 0.25) is 5.91 Å². The topological polar surface area (TPSA) is 102 Å². The number of nitrogens with one attached hydrogen (secondary N) is 1. The number of carboxylic acid groups (broad SMARTS) is 1. The summed E-state index contributed by atoms with van der Waals surface area (Å²) in [6.07, 6.45) is 3.22. The first-order chi connectivity index (χ1) is 12.4. The number of carbonyl (C=O) groups excluding carboxylic acids is 1. The lowest BCUT2D eigenvalue weighted by atomic mass is 10.1. The quantitative estimate of drug-likeness (QED) is 0.641. The lowest BCUT2D eigenvalue weighted by Crippen LogP contribution is -2.20. The Kier molecular flexibility index (Phi) is 5.17. The number of hydrogen-bond donors (Lipinski definition) is 2. The zero-order valence-electron chi connectivity index (χ0n) is 13.9. The van der Waals surface area contributed by atoms with E-state index in [1.165, 1.54) is 22.5 Å². The van der Waals surface area contributed by atoms with Crippen LogP contribution in [0.4, 0.5) is 5.82 Å². The molecule has 1 amide bonds. The van der Waals surface area contributed by atoms with Crippen molar-refractivity contribution in [1.29, 1.82) is 0 Å². The van der Waals surface area contributed by atoms with Crippen LogP contribution in [0, 0.1) is 6.92 Å². The van der Waals surface area contributed by atoms with Crippen LogP contribution in [0.2, 0.25) is 0 Å². The van der Waals surface area contributed by atoms with Gasteiger partial charge in [-0.15, -0.1) is 0 Å². The van der Waals surface area contributed by atoms with Crippen molar-refractivity contribution >= 4 is 33.6 Å². The summed E-state index contributed by atoms with van der Waals surface area (Å²) in [5, 5.41) is 19.7. The first-order valence-electron chi connectivity index (χ1n) is 7.76. The summed E-state index contributed by atoms with van der Waals surface area (Å²) in [4.78, 5) is 22.9. The molecule has 0 saturated carbocycles. The van der Waals surface area contributed by atoms with Crippen LogP contribution in [0.5, 0.6) is 0 Å². The van der Waals surface area contributed by atoms with Crippen LogP contribution in [-0.2, 0) is 17.9 Å². The summed E-state index contributed by atoms with van der Waals surface area (Å²) >= 11 is 3.38. The molecule has 134 valence electrons. The standard InChI is InChI=1S/C17H16BrN5O3/c1-11-2-4-12(5-3-11)8-23-9-13(18)16(21-23)19-15(24)10-22-7-6-14(20-22)17(25)26/h2-7,9H,8,10H2,1H3,(H,25,26)(H,19,21,24). The van der Waals surface area contributed by atoms with Crippen LogP contribution in [0.25, 0.3) is 0 Å². The SMILES string of the molecule is Cc1ccc(Cn2cc(Br)c(NC(=O)Cn3ccc(C(=O)O)n3)n2)cc1. The van der Waals surface area contributed by atoms with Crippen molar-refractivity contribution in [3.8, 4) is 0 Å². The molecule has 0 bridgehead atoms. The van der Waals surface area contributed by atoms with Gasteiger partial charge in [-0.25, -0.2) is 4.79 Å². The van der Waals surface area contributed by atoms with E-state index in [1.807, 2.05) is 31.2 Å². The second-order valence-corrected chi connectivity index (χ2v) is 6.62. The number of benzene rings is 1. The van der Waals surface area contributed by atoms with Gasteiger partial charge in [0.05, 0.1) is 11.0 Å². The fraction of sp³-hybridized carbons (Fsp3) is 0.176. The van der Waals surface area contributed by atoms with Gasteiger partial charge in [-0.05, 0) is 34.5 Å². The van der Waals surface area contributed by atoms with Crippen molar-refractivity contribution in [2.24, 2.45) is 0 Å². The molecule has 0 fully saturated rings. The first kappa shape index (κ1) is 17.9. The predicted octanol–water partition coefficient (Wildman–Crippen LogP) is 2.54. The largest absolute Gasteiger partial charge is 0.476 e. The minimum Gasteiger partial charge on any atom is -0.476 e. The Balaban J connectivity index is 1.63. The van der Waals surface area contributed by atoms with Crippen LogP contribution in [-0.4, -0.2) is 36.5 Å². The molecule has 2 heterocycles. The number of carbonyl (C=O) groups is 2. The molecule has 0 spiro atoms. The third-order valence-corrected chi connectivity index (χ3v) is 4.19. The number of halogens is 1. The van der Waals surface area contributed by atoms with E-state index in [4.69, 9.17) is 5.11 Å². The fourth-order valence-corrected chi connectivity index (χ4v) is 2.74. The average molecular weight is 418 g/mol. The molecule has 0 radical (unpaired) electrons. The smallest absolute Gasteiger partial charge is 0.356 e. The van der Waals surface area contributed by atoms with Crippen LogP contribution < -0.4 is 5.32 Å². The lowest BCUT2D eigenvalue weighted by Gasteiger charge is -2.04. The molecule has 8 nitrogen and oxygen atoms in total.